The zero-order valence-electron chi connectivity index (χ0n) is 35.6. The Bertz CT molecular complexity index is 3740. The minimum absolute atomic E-state index is 0.0307. The average Bonchev–Trinajstić information content (AvgIpc) is 3.89. The van der Waals surface area contributed by atoms with E-state index in [1.165, 1.54) is 58.7 Å². The highest BCUT2D eigenvalue weighted by atomic mass is 32.1. The Balaban J connectivity index is 0.961. The van der Waals surface area contributed by atoms with Crippen molar-refractivity contribution in [2.24, 2.45) is 0 Å². The van der Waals surface area contributed by atoms with Gasteiger partial charge in [-0.05, 0) is 65.2 Å². The summed E-state index contributed by atoms with van der Waals surface area (Å²) < 4.78 is 2.60. The molecule has 0 saturated carbocycles. The van der Waals surface area contributed by atoms with E-state index in [1.54, 1.807) is 0 Å². The molecule has 2 unspecified atom stereocenters. The van der Waals surface area contributed by atoms with Gasteiger partial charge in [-0.15, -0.1) is 11.3 Å². The Morgan fingerprint density at radius 1 is 0.523 bits per heavy atom. The van der Waals surface area contributed by atoms with Crippen LogP contribution < -0.4 is 4.90 Å². The summed E-state index contributed by atoms with van der Waals surface area (Å²) in [4.78, 5) is 18.6. The molecule has 3 aromatic heterocycles. The molecule has 1 aliphatic carbocycles. The quantitative estimate of drug-likeness (QED) is 0.156. The van der Waals surface area contributed by atoms with E-state index in [4.69, 9.17) is 15.0 Å². The molecule has 4 nitrogen and oxygen atoms in total. The van der Waals surface area contributed by atoms with Gasteiger partial charge in [-0.3, -0.25) is 0 Å². The number of hydrogen-bond acceptors (Lipinski definition) is 5. The highest BCUT2D eigenvalue weighted by Gasteiger charge is 2.49. The van der Waals surface area contributed by atoms with Crippen molar-refractivity contribution in [2.75, 3.05) is 4.90 Å². The van der Waals surface area contributed by atoms with E-state index in [0.29, 0.717) is 5.82 Å². The van der Waals surface area contributed by atoms with Gasteiger partial charge in [0.2, 0.25) is 0 Å². The zero-order chi connectivity index (χ0) is 43.1. The van der Waals surface area contributed by atoms with Crippen LogP contribution in [0.1, 0.15) is 12.5 Å². The van der Waals surface area contributed by atoms with Crippen LogP contribution in [-0.4, -0.2) is 21.0 Å². The number of thiophene rings is 1. The SMILES string of the molecule is CC12C=CC=CC1N(c1ccc(-c3cc(-c4cccc(-c5cccc6c5sc5ccccc56)c4)nc(-c4ccccc4)n3)cc1)c1c2c(-c2ccccc2)nc2ccc3ccccc3c12. The van der Waals surface area contributed by atoms with Crippen LogP contribution >= 0.6 is 11.3 Å². The largest absolute Gasteiger partial charge is 0.332 e. The van der Waals surface area contributed by atoms with Gasteiger partial charge in [0.25, 0.3) is 0 Å². The third kappa shape index (κ3) is 6.00. The first-order valence-electron chi connectivity index (χ1n) is 22.2. The monoisotopic (exact) mass is 848 g/mol. The van der Waals surface area contributed by atoms with Gasteiger partial charge < -0.3 is 4.90 Å². The summed E-state index contributed by atoms with van der Waals surface area (Å²) in [7, 11) is 0. The number of allylic oxidation sites excluding steroid dienone is 2. The van der Waals surface area contributed by atoms with Gasteiger partial charge in [0.1, 0.15) is 0 Å². The van der Waals surface area contributed by atoms with Gasteiger partial charge in [0.15, 0.2) is 5.82 Å². The number of benzene rings is 8. The van der Waals surface area contributed by atoms with E-state index in [1.807, 2.05) is 29.5 Å². The fourth-order valence-electron chi connectivity index (χ4n) is 10.4. The molecule has 1 aliphatic heterocycles. The Morgan fingerprint density at radius 2 is 1.20 bits per heavy atom. The van der Waals surface area contributed by atoms with Gasteiger partial charge in [-0.2, -0.15) is 0 Å². The van der Waals surface area contributed by atoms with Crippen molar-refractivity contribution < 1.29 is 0 Å². The lowest BCUT2D eigenvalue weighted by Crippen LogP contribution is -2.39. The number of nitrogens with zero attached hydrogens (tertiary/aromatic N) is 4. The molecule has 2 atom stereocenters. The first-order valence-corrected chi connectivity index (χ1v) is 23.0. The maximum atomic E-state index is 5.50. The summed E-state index contributed by atoms with van der Waals surface area (Å²) >= 11 is 1.86. The van der Waals surface area contributed by atoms with Crippen LogP contribution in [0, 0.1) is 0 Å². The number of pyridine rings is 1. The smallest absolute Gasteiger partial charge is 0.160 e. The molecule has 0 saturated heterocycles. The van der Waals surface area contributed by atoms with Crippen LogP contribution in [0.2, 0.25) is 0 Å². The topological polar surface area (TPSA) is 41.9 Å². The molecule has 5 heteroatoms. The molecule has 11 aromatic rings. The van der Waals surface area contributed by atoms with Crippen molar-refractivity contribution in [3.05, 3.63) is 224 Å². The van der Waals surface area contributed by atoms with Crippen molar-refractivity contribution in [3.63, 3.8) is 0 Å². The molecule has 13 rings (SSSR count). The van der Waals surface area contributed by atoms with Gasteiger partial charge >= 0.3 is 0 Å². The molecule has 0 fully saturated rings. The Hall–Kier alpha value is -7.99. The van der Waals surface area contributed by atoms with Gasteiger partial charge in [-0.1, -0.05) is 182 Å². The number of fused-ring (bicyclic) bond motifs is 10. The molecule has 65 heavy (non-hydrogen) atoms. The lowest BCUT2D eigenvalue weighted by molar-refractivity contribution is 0.551. The van der Waals surface area contributed by atoms with E-state index >= 15 is 0 Å². The standard InChI is InChI=1S/C60H40N4S/c1-60-35-13-12-28-53(60)64(57-54-45-23-9-8-16-38(45)31-34-49(54)61-56(55(57)60)40-17-4-2-5-18-40)44-32-29-39(30-33-44)50-37-51(63-59(62-50)41-19-6-3-7-20-41)43-22-14-21-42(36-43)46-25-15-26-48-47-24-10-11-27-52(47)65-58(46)48/h2-37,53H,1H3. The molecule has 0 radical (unpaired) electrons. The third-order valence-corrected chi connectivity index (χ3v) is 14.7. The van der Waals surface area contributed by atoms with Gasteiger partial charge in [-0.25, -0.2) is 15.0 Å². The number of rotatable bonds is 6. The van der Waals surface area contributed by atoms with E-state index in [9.17, 15) is 0 Å². The molecule has 0 spiro atoms. The minimum Gasteiger partial charge on any atom is -0.332 e. The second kappa shape index (κ2) is 14.8. The lowest BCUT2D eigenvalue weighted by Gasteiger charge is -2.35. The lowest BCUT2D eigenvalue weighted by atomic mass is 9.74. The molecule has 2 aliphatic rings. The van der Waals surface area contributed by atoms with Gasteiger partial charge in [0, 0.05) is 64.5 Å². The molecule has 8 aromatic carbocycles. The van der Waals surface area contributed by atoms with Crippen molar-refractivity contribution >= 4 is 64.6 Å². The Kier molecular flexibility index (Phi) is 8.55. The summed E-state index contributed by atoms with van der Waals surface area (Å²) in [6, 6.07) is 69.4. The van der Waals surface area contributed by atoms with Crippen LogP contribution in [0.25, 0.3) is 98.1 Å². The molecule has 306 valence electrons. The molecular weight excluding hydrogens is 809 g/mol. The summed E-state index contributed by atoms with van der Waals surface area (Å²) in [5, 5.41) is 6.18. The fourth-order valence-corrected chi connectivity index (χ4v) is 11.6. The van der Waals surface area contributed by atoms with Crippen LogP contribution in [0.3, 0.4) is 0 Å². The fraction of sp³-hybridized carbons (Fsp3) is 0.0500. The van der Waals surface area contributed by atoms with E-state index in [0.717, 1.165) is 50.5 Å². The van der Waals surface area contributed by atoms with Crippen molar-refractivity contribution in [1.82, 2.24) is 15.0 Å². The van der Waals surface area contributed by atoms with E-state index in [-0.39, 0.29) is 11.5 Å². The zero-order valence-corrected chi connectivity index (χ0v) is 36.4. The first-order chi connectivity index (χ1) is 32.1. The summed E-state index contributed by atoms with van der Waals surface area (Å²) in [5.74, 6) is 0.696. The average molecular weight is 849 g/mol. The van der Waals surface area contributed by atoms with Crippen molar-refractivity contribution in [3.8, 4) is 56.3 Å². The Labute approximate surface area is 381 Å². The molecule has 0 amide bonds. The first kappa shape index (κ1) is 37.6. The predicted octanol–water partition coefficient (Wildman–Crippen LogP) is 15.8. The maximum absolute atomic E-state index is 5.50. The summed E-state index contributed by atoms with van der Waals surface area (Å²) in [6.45, 7) is 2.38. The highest BCUT2D eigenvalue weighted by molar-refractivity contribution is 7.26. The van der Waals surface area contributed by atoms with E-state index in [2.05, 4.69) is 212 Å². The molecular formula is C60H40N4S. The second-order valence-corrected chi connectivity index (χ2v) is 18.4. The third-order valence-electron chi connectivity index (χ3n) is 13.5. The van der Waals surface area contributed by atoms with Crippen molar-refractivity contribution in [2.45, 2.75) is 18.4 Å². The number of anilines is 2. The predicted molar refractivity (Wildman–Crippen MR) is 273 cm³/mol. The van der Waals surface area contributed by atoms with Crippen LogP contribution in [0.5, 0.6) is 0 Å². The van der Waals surface area contributed by atoms with Crippen LogP contribution in [0.15, 0.2) is 218 Å². The van der Waals surface area contributed by atoms with Gasteiger partial charge in [0.05, 0.1) is 34.3 Å². The number of hydrogen-bond donors (Lipinski definition) is 0. The maximum Gasteiger partial charge on any atom is 0.160 e. The summed E-state index contributed by atoms with van der Waals surface area (Å²) in [5.41, 5.74) is 13.6. The molecule has 4 heterocycles. The highest BCUT2D eigenvalue weighted by Crippen LogP contribution is 2.57. The van der Waals surface area contributed by atoms with Crippen LogP contribution in [0.4, 0.5) is 11.4 Å². The van der Waals surface area contributed by atoms with Crippen molar-refractivity contribution in [1.29, 1.82) is 0 Å². The minimum atomic E-state index is -0.338. The van der Waals surface area contributed by atoms with Crippen LogP contribution in [-0.2, 0) is 5.41 Å². The normalized spacial score (nSPS) is 16.4. The molecule has 0 bridgehead atoms. The summed E-state index contributed by atoms with van der Waals surface area (Å²) in [6.07, 6.45) is 9.13. The Morgan fingerprint density at radius 3 is 2.03 bits per heavy atom. The van der Waals surface area contributed by atoms with E-state index < -0.39 is 0 Å². The number of aromatic nitrogens is 3. The molecule has 0 N–H and O–H groups in total. The second-order valence-electron chi connectivity index (χ2n) is 17.3.